The predicted molar refractivity (Wildman–Crippen MR) is 89.6 cm³/mol. The van der Waals surface area contributed by atoms with E-state index in [1.54, 1.807) is 7.11 Å². The molecule has 2 fully saturated rings. The van der Waals surface area contributed by atoms with Crippen molar-refractivity contribution in [1.82, 2.24) is 4.90 Å². The molecule has 2 aliphatic rings. The van der Waals surface area contributed by atoms with Crippen molar-refractivity contribution >= 4 is 5.91 Å². The number of hydrogen-bond acceptors (Lipinski definition) is 3. The Morgan fingerprint density at radius 2 is 2.09 bits per heavy atom. The Morgan fingerprint density at radius 3 is 2.78 bits per heavy atom. The lowest BCUT2D eigenvalue weighted by atomic mass is 10.0. The van der Waals surface area contributed by atoms with Crippen molar-refractivity contribution in [1.29, 1.82) is 0 Å². The monoisotopic (exact) mass is 317 g/mol. The number of carbonyl (C=O) groups is 1. The summed E-state index contributed by atoms with van der Waals surface area (Å²) in [5.41, 5.74) is 1.27. The molecular weight excluding hydrogens is 290 g/mol. The standard InChI is InChI=1S/C19H27NO3/c1-22-17-8-6-15(7-9-17)14-16-4-2-12-20(16)19(21)11-10-18-5-3-13-23-18/h6-9,16,18H,2-5,10-14H2,1H3/t16?,18-/m1/s1. The zero-order chi connectivity index (χ0) is 16.1. The highest BCUT2D eigenvalue weighted by Gasteiger charge is 2.29. The molecule has 23 heavy (non-hydrogen) atoms. The number of carbonyl (C=O) groups excluding carboxylic acids is 1. The molecule has 1 amide bonds. The maximum Gasteiger partial charge on any atom is 0.222 e. The largest absolute Gasteiger partial charge is 0.497 e. The number of amides is 1. The first kappa shape index (κ1) is 16.3. The van der Waals surface area contributed by atoms with E-state index in [1.807, 2.05) is 12.1 Å². The van der Waals surface area contributed by atoms with E-state index < -0.39 is 0 Å². The predicted octanol–water partition coefficient (Wildman–Crippen LogP) is 3.19. The van der Waals surface area contributed by atoms with Crippen LogP contribution in [0.1, 0.15) is 44.1 Å². The molecule has 0 aliphatic carbocycles. The lowest BCUT2D eigenvalue weighted by Gasteiger charge is -2.25. The molecule has 2 saturated heterocycles. The van der Waals surface area contributed by atoms with Gasteiger partial charge in [-0.3, -0.25) is 4.79 Å². The number of nitrogens with zero attached hydrogens (tertiary/aromatic N) is 1. The van der Waals surface area contributed by atoms with E-state index in [0.717, 1.165) is 57.4 Å². The van der Waals surface area contributed by atoms with Crippen LogP contribution in [0.2, 0.25) is 0 Å². The van der Waals surface area contributed by atoms with E-state index in [9.17, 15) is 4.79 Å². The van der Waals surface area contributed by atoms with E-state index in [4.69, 9.17) is 9.47 Å². The van der Waals surface area contributed by atoms with Crippen LogP contribution < -0.4 is 4.74 Å². The highest BCUT2D eigenvalue weighted by molar-refractivity contribution is 5.76. The van der Waals surface area contributed by atoms with Gasteiger partial charge in [-0.1, -0.05) is 12.1 Å². The molecule has 0 aromatic heterocycles. The van der Waals surface area contributed by atoms with Crippen molar-refractivity contribution in [3.63, 3.8) is 0 Å². The van der Waals surface area contributed by atoms with Crippen LogP contribution in [0.5, 0.6) is 5.75 Å². The minimum atomic E-state index is 0.302. The second-order valence-electron chi connectivity index (χ2n) is 6.61. The number of ether oxygens (including phenoxy) is 2. The summed E-state index contributed by atoms with van der Waals surface area (Å²) in [5, 5.41) is 0. The van der Waals surface area contributed by atoms with E-state index >= 15 is 0 Å². The normalized spacial score (nSPS) is 24.1. The van der Waals surface area contributed by atoms with Crippen LogP contribution >= 0.6 is 0 Å². The molecule has 2 aliphatic heterocycles. The highest BCUT2D eigenvalue weighted by atomic mass is 16.5. The second kappa shape index (κ2) is 7.82. The van der Waals surface area contributed by atoms with Crippen molar-refractivity contribution in [2.75, 3.05) is 20.3 Å². The fourth-order valence-electron chi connectivity index (χ4n) is 3.71. The molecule has 0 spiro atoms. The summed E-state index contributed by atoms with van der Waals surface area (Å²) in [6.45, 7) is 1.77. The van der Waals surface area contributed by atoms with E-state index in [1.165, 1.54) is 5.56 Å². The molecule has 126 valence electrons. The number of rotatable bonds is 6. The van der Waals surface area contributed by atoms with Gasteiger partial charge in [-0.15, -0.1) is 0 Å². The number of benzene rings is 1. The number of methoxy groups -OCH3 is 1. The summed E-state index contributed by atoms with van der Waals surface area (Å²) in [7, 11) is 1.68. The second-order valence-corrected chi connectivity index (χ2v) is 6.61. The molecule has 0 bridgehead atoms. The first-order chi connectivity index (χ1) is 11.3. The molecule has 1 aromatic carbocycles. The average molecular weight is 317 g/mol. The van der Waals surface area contributed by atoms with Crippen LogP contribution in [-0.2, 0) is 16.0 Å². The van der Waals surface area contributed by atoms with Crippen molar-refractivity contribution < 1.29 is 14.3 Å². The fourth-order valence-corrected chi connectivity index (χ4v) is 3.71. The van der Waals surface area contributed by atoms with Gasteiger partial charge in [0.1, 0.15) is 5.75 Å². The van der Waals surface area contributed by atoms with Gasteiger partial charge < -0.3 is 14.4 Å². The fraction of sp³-hybridized carbons (Fsp3) is 0.632. The van der Waals surface area contributed by atoms with Gasteiger partial charge in [0.05, 0.1) is 13.2 Å². The van der Waals surface area contributed by atoms with Gasteiger partial charge in [0.15, 0.2) is 0 Å². The molecular formula is C19H27NO3. The minimum Gasteiger partial charge on any atom is -0.497 e. The summed E-state index contributed by atoms with van der Waals surface area (Å²) < 4.78 is 10.8. The Kier molecular flexibility index (Phi) is 5.55. The molecule has 2 atom stereocenters. The molecule has 4 nitrogen and oxygen atoms in total. The van der Waals surface area contributed by atoms with Crippen LogP contribution in [0, 0.1) is 0 Å². The summed E-state index contributed by atoms with van der Waals surface area (Å²) in [4.78, 5) is 14.6. The van der Waals surface area contributed by atoms with Gasteiger partial charge in [0.2, 0.25) is 5.91 Å². The Balaban J connectivity index is 1.52. The Bertz CT molecular complexity index is 508. The Labute approximate surface area is 138 Å². The third-order valence-corrected chi connectivity index (χ3v) is 5.03. The van der Waals surface area contributed by atoms with E-state index in [0.29, 0.717) is 24.5 Å². The highest BCUT2D eigenvalue weighted by Crippen LogP contribution is 2.24. The molecule has 1 unspecified atom stereocenters. The molecule has 0 radical (unpaired) electrons. The number of likely N-dealkylation sites (tertiary alicyclic amines) is 1. The molecule has 4 heteroatoms. The zero-order valence-corrected chi connectivity index (χ0v) is 14.0. The first-order valence-electron chi connectivity index (χ1n) is 8.80. The van der Waals surface area contributed by atoms with Crippen LogP contribution in [0.15, 0.2) is 24.3 Å². The van der Waals surface area contributed by atoms with Crippen LogP contribution in [0.3, 0.4) is 0 Å². The molecule has 3 rings (SSSR count). The summed E-state index contributed by atoms with van der Waals surface area (Å²) in [6, 6.07) is 8.54. The van der Waals surface area contributed by atoms with E-state index in [-0.39, 0.29) is 0 Å². The van der Waals surface area contributed by atoms with Crippen molar-refractivity contribution in [3.05, 3.63) is 29.8 Å². The van der Waals surface area contributed by atoms with Crippen LogP contribution in [0.25, 0.3) is 0 Å². The van der Waals surface area contributed by atoms with Gasteiger partial charge in [0.25, 0.3) is 0 Å². The molecule has 0 saturated carbocycles. The van der Waals surface area contributed by atoms with E-state index in [2.05, 4.69) is 17.0 Å². The lowest BCUT2D eigenvalue weighted by molar-refractivity contribution is -0.132. The quantitative estimate of drug-likeness (QED) is 0.809. The summed E-state index contributed by atoms with van der Waals surface area (Å²) >= 11 is 0. The topological polar surface area (TPSA) is 38.8 Å². The lowest BCUT2D eigenvalue weighted by Crippen LogP contribution is -2.37. The average Bonchev–Trinajstić information content (AvgIpc) is 3.25. The maximum absolute atomic E-state index is 12.6. The first-order valence-corrected chi connectivity index (χ1v) is 8.80. The van der Waals surface area contributed by atoms with Gasteiger partial charge in [-0.25, -0.2) is 0 Å². The molecule has 0 N–H and O–H groups in total. The maximum atomic E-state index is 12.6. The van der Waals surface area contributed by atoms with Gasteiger partial charge >= 0.3 is 0 Å². The minimum absolute atomic E-state index is 0.302. The van der Waals surface area contributed by atoms with Gasteiger partial charge in [-0.2, -0.15) is 0 Å². The van der Waals surface area contributed by atoms with Gasteiger partial charge in [-0.05, 0) is 56.2 Å². The smallest absolute Gasteiger partial charge is 0.222 e. The van der Waals surface area contributed by atoms with Gasteiger partial charge in [0, 0.05) is 25.6 Å². The Hall–Kier alpha value is -1.55. The van der Waals surface area contributed by atoms with Crippen LogP contribution in [-0.4, -0.2) is 43.2 Å². The third kappa shape index (κ3) is 4.25. The zero-order valence-electron chi connectivity index (χ0n) is 14.0. The molecule has 1 aromatic rings. The summed E-state index contributed by atoms with van der Waals surface area (Å²) in [5.74, 6) is 1.18. The van der Waals surface area contributed by atoms with Crippen LogP contribution in [0.4, 0.5) is 0 Å². The van der Waals surface area contributed by atoms with Crippen molar-refractivity contribution in [3.8, 4) is 5.75 Å². The van der Waals surface area contributed by atoms with Crippen molar-refractivity contribution in [2.24, 2.45) is 0 Å². The Morgan fingerprint density at radius 1 is 1.26 bits per heavy atom. The third-order valence-electron chi connectivity index (χ3n) is 5.03. The molecule has 2 heterocycles. The number of hydrogen-bond donors (Lipinski definition) is 0. The SMILES string of the molecule is COc1ccc(CC2CCCN2C(=O)CC[C@H]2CCCO2)cc1. The van der Waals surface area contributed by atoms with Crippen molar-refractivity contribution in [2.45, 2.75) is 57.1 Å². The summed E-state index contributed by atoms with van der Waals surface area (Å²) in [6.07, 6.45) is 7.24.